The van der Waals surface area contributed by atoms with Crippen molar-refractivity contribution in [2.75, 3.05) is 5.32 Å². The Morgan fingerprint density at radius 3 is 2.79 bits per heavy atom. The van der Waals surface area contributed by atoms with Crippen LogP contribution in [0.2, 0.25) is 5.15 Å². The number of hydrogen-bond donors (Lipinski definition) is 2. The van der Waals surface area contributed by atoms with Gasteiger partial charge in [0.1, 0.15) is 11.0 Å². The topological polar surface area (TPSA) is 53.6 Å². The highest BCUT2D eigenvalue weighted by atomic mass is 79.9. The SMILES string of the molecule is Cc1cc(Nc2cc3ccc(Br)cc3c(Cl)n2)n[nH]1. The van der Waals surface area contributed by atoms with Gasteiger partial charge in [0.2, 0.25) is 0 Å². The van der Waals surface area contributed by atoms with Gasteiger partial charge < -0.3 is 5.32 Å². The summed E-state index contributed by atoms with van der Waals surface area (Å²) in [6.45, 7) is 1.94. The van der Waals surface area contributed by atoms with Crippen LogP contribution in [0.5, 0.6) is 0 Å². The van der Waals surface area contributed by atoms with E-state index in [0.29, 0.717) is 11.0 Å². The summed E-state index contributed by atoms with van der Waals surface area (Å²) in [7, 11) is 0. The zero-order chi connectivity index (χ0) is 13.4. The van der Waals surface area contributed by atoms with Crippen molar-refractivity contribution in [3.05, 3.63) is 45.7 Å². The maximum absolute atomic E-state index is 6.21. The molecule has 1 aromatic carbocycles. The number of nitrogens with zero attached hydrogens (tertiary/aromatic N) is 2. The molecule has 0 aliphatic rings. The average molecular weight is 338 g/mol. The van der Waals surface area contributed by atoms with Crippen LogP contribution in [0.4, 0.5) is 11.6 Å². The first kappa shape index (κ1) is 12.4. The smallest absolute Gasteiger partial charge is 0.153 e. The Hall–Kier alpha value is -1.59. The number of aromatic nitrogens is 3. The van der Waals surface area contributed by atoms with Gasteiger partial charge in [0.25, 0.3) is 0 Å². The molecular formula is C13H10BrClN4. The summed E-state index contributed by atoms with van der Waals surface area (Å²) in [5.41, 5.74) is 0.985. The number of nitrogens with one attached hydrogen (secondary N) is 2. The van der Waals surface area contributed by atoms with Crippen LogP contribution >= 0.6 is 27.5 Å². The minimum atomic E-state index is 0.466. The third-order valence-electron chi connectivity index (χ3n) is 2.71. The summed E-state index contributed by atoms with van der Waals surface area (Å²) in [5.74, 6) is 1.39. The zero-order valence-electron chi connectivity index (χ0n) is 10.0. The molecule has 2 N–H and O–H groups in total. The molecule has 0 spiro atoms. The molecule has 0 unspecified atom stereocenters. The van der Waals surface area contributed by atoms with Crippen LogP contribution in [0, 0.1) is 6.92 Å². The summed E-state index contributed by atoms with van der Waals surface area (Å²) >= 11 is 9.63. The van der Waals surface area contributed by atoms with E-state index >= 15 is 0 Å². The molecule has 2 heterocycles. The van der Waals surface area contributed by atoms with E-state index in [2.05, 4.69) is 36.4 Å². The molecule has 0 amide bonds. The second-order valence-corrected chi connectivity index (χ2v) is 5.50. The van der Waals surface area contributed by atoms with Crippen LogP contribution in [0.1, 0.15) is 5.69 Å². The van der Waals surface area contributed by atoms with E-state index in [-0.39, 0.29) is 0 Å². The van der Waals surface area contributed by atoms with Gasteiger partial charge in [-0.05, 0) is 30.5 Å². The fraction of sp³-hybridized carbons (Fsp3) is 0.0769. The van der Waals surface area contributed by atoms with Crippen molar-refractivity contribution in [1.29, 1.82) is 0 Å². The molecule has 2 aromatic heterocycles. The number of aromatic amines is 1. The van der Waals surface area contributed by atoms with E-state index in [9.17, 15) is 0 Å². The number of H-pyrrole nitrogens is 1. The Morgan fingerprint density at radius 1 is 1.21 bits per heavy atom. The first-order chi connectivity index (χ1) is 9.11. The van der Waals surface area contributed by atoms with Gasteiger partial charge in [-0.2, -0.15) is 5.10 Å². The van der Waals surface area contributed by atoms with Crippen molar-refractivity contribution in [3.8, 4) is 0 Å². The molecule has 0 radical (unpaired) electrons. The predicted octanol–water partition coefficient (Wildman–Crippen LogP) is 4.43. The van der Waals surface area contributed by atoms with Gasteiger partial charge in [0.15, 0.2) is 5.82 Å². The van der Waals surface area contributed by atoms with Crippen LogP contribution in [-0.4, -0.2) is 15.2 Å². The van der Waals surface area contributed by atoms with Gasteiger partial charge in [-0.1, -0.05) is 33.6 Å². The molecule has 0 saturated heterocycles. The average Bonchev–Trinajstić information content (AvgIpc) is 2.76. The van der Waals surface area contributed by atoms with E-state index in [0.717, 1.165) is 26.8 Å². The van der Waals surface area contributed by atoms with Gasteiger partial charge in [-0.3, -0.25) is 5.10 Å². The summed E-state index contributed by atoms with van der Waals surface area (Å²) in [6.07, 6.45) is 0. The fourth-order valence-corrected chi connectivity index (χ4v) is 2.47. The molecule has 0 saturated carbocycles. The molecule has 0 fully saturated rings. The summed E-state index contributed by atoms with van der Waals surface area (Å²) in [4.78, 5) is 4.33. The number of rotatable bonds is 2. The molecule has 0 aliphatic heterocycles. The first-order valence-electron chi connectivity index (χ1n) is 5.67. The van der Waals surface area contributed by atoms with Crippen LogP contribution in [-0.2, 0) is 0 Å². The van der Waals surface area contributed by atoms with Crippen molar-refractivity contribution < 1.29 is 0 Å². The normalized spacial score (nSPS) is 10.9. The Morgan fingerprint density at radius 2 is 2.05 bits per heavy atom. The second-order valence-electron chi connectivity index (χ2n) is 4.22. The Balaban J connectivity index is 2.03. The van der Waals surface area contributed by atoms with E-state index in [1.807, 2.05) is 37.3 Å². The Bertz CT molecular complexity index is 753. The minimum absolute atomic E-state index is 0.466. The first-order valence-corrected chi connectivity index (χ1v) is 6.84. The van der Waals surface area contributed by atoms with E-state index < -0.39 is 0 Å². The van der Waals surface area contributed by atoms with E-state index in [1.54, 1.807) is 0 Å². The molecule has 96 valence electrons. The van der Waals surface area contributed by atoms with E-state index in [1.165, 1.54) is 0 Å². The second kappa shape index (κ2) is 4.83. The Kier molecular flexibility index (Phi) is 3.16. The number of anilines is 2. The van der Waals surface area contributed by atoms with E-state index in [4.69, 9.17) is 11.6 Å². The molecule has 6 heteroatoms. The Labute approximate surface area is 123 Å². The number of aryl methyl sites for hydroxylation is 1. The number of halogens is 2. The third kappa shape index (κ3) is 2.57. The summed E-state index contributed by atoms with van der Waals surface area (Å²) in [6, 6.07) is 9.77. The lowest BCUT2D eigenvalue weighted by atomic mass is 10.2. The molecule has 0 atom stereocenters. The molecule has 0 aliphatic carbocycles. The highest BCUT2D eigenvalue weighted by Crippen LogP contribution is 2.28. The molecule has 3 aromatic rings. The zero-order valence-corrected chi connectivity index (χ0v) is 12.4. The van der Waals surface area contributed by atoms with Gasteiger partial charge in [-0.15, -0.1) is 0 Å². The van der Waals surface area contributed by atoms with Crippen molar-refractivity contribution >= 4 is 49.9 Å². The lowest BCUT2D eigenvalue weighted by Crippen LogP contribution is -1.94. The third-order valence-corrected chi connectivity index (χ3v) is 3.49. The number of hydrogen-bond acceptors (Lipinski definition) is 3. The molecular weight excluding hydrogens is 328 g/mol. The van der Waals surface area contributed by atoms with Crippen molar-refractivity contribution in [2.45, 2.75) is 6.92 Å². The predicted molar refractivity (Wildman–Crippen MR) is 81.1 cm³/mol. The minimum Gasteiger partial charge on any atom is -0.323 e. The highest BCUT2D eigenvalue weighted by molar-refractivity contribution is 9.10. The van der Waals surface area contributed by atoms with Gasteiger partial charge in [-0.25, -0.2) is 4.98 Å². The molecule has 3 rings (SSSR count). The van der Waals surface area contributed by atoms with Crippen LogP contribution in [0.25, 0.3) is 10.8 Å². The molecule has 0 bridgehead atoms. The highest BCUT2D eigenvalue weighted by Gasteiger charge is 2.06. The van der Waals surface area contributed by atoms with Gasteiger partial charge in [0, 0.05) is 21.6 Å². The van der Waals surface area contributed by atoms with Crippen molar-refractivity contribution in [2.24, 2.45) is 0 Å². The lowest BCUT2D eigenvalue weighted by molar-refractivity contribution is 1.05. The molecule has 19 heavy (non-hydrogen) atoms. The lowest BCUT2D eigenvalue weighted by Gasteiger charge is -2.06. The fourth-order valence-electron chi connectivity index (χ4n) is 1.86. The monoisotopic (exact) mass is 336 g/mol. The van der Waals surface area contributed by atoms with Crippen LogP contribution < -0.4 is 5.32 Å². The summed E-state index contributed by atoms with van der Waals surface area (Å²) < 4.78 is 0.979. The standard InChI is InChI=1S/C13H10BrClN4/c1-7-4-12(19-18-7)16-11-5-8-2-3-9(14)6-10(8)13(15)17-11/h2-6H,1H3,(H2,16,17,18,19). The van der Waals surface area contributed by atoms with Crippen LogP contribution in [0.3, 0.4) is 0 Å². The number of pyridine rings is 1. The maximum atomic E-state index is 6.21. The number of fused-ring (bicyclic) bond motifs is 1. The van der Waals surface area contributed by atoms with Crippen molar-refractivity contribution in [3.63, 3.8) is 0 Å². The number of benzene rings is 1. The van der Waals surface area contributed by atoms with Gasteiger partial charge in [0.05, 0.1) is 0 Å². The van der Waals surface area contributed by atoms with Crippen molar-refractivity contribution in [1.82, 2.24) is 15.2 Å². The summed E-state index contributed by atoms with van der Waals surface area (Å²) in [5, 5.41) is 12.5. The largest absolute Gasteiger partial charge is 0.323 e. The molecule has 4 nitrogen and oxygen atoms in total. The maximum Gasteiger partial charge on any atom is 0.153 e. The quantitative estimate of drug-likeness (QED) is 0.680. The van der Waals surface area contributed by atoms with Crippen LogP contribution in [0.15, 0.2) is 34.8 Å². The van der Waals surface area contributed by atoms with Gasteiger partial charge >= 0.3 is 0 Å².